The molecular weight excluding hydrogens is 490 g/mol. The van der Waals surface area contributed by atoms with Crippen LogP contribution in [0.3, 0.4) is 0 Å². The fraction of sp³-hybridized carbons (Fsp3) is 0.0714. The first-order valence-electron chi connectivity index (χ1n) is 11.5. The number of halogens is 1. The van der Waals surface area contributed by atoms with Crippen molar-refractivity contribution in [3.8, 4) is 16.9 Å². The van der Waals surface area contributed by atoms with E-state index in [0.29, 0.717) is 34.8 Å². The number of anilines is 1. The minimum absolute atomic E-state index is 0.212. The average Bonchev–Trinajstić information content (AvgIpc) is 3.28. The molecule has 3 aromatic carbocycles. The first-order chi connectivity index (χ1) is 17.8. The van der Waals surface area contributed by atoms with Gasteiger partial charge in [0.2, 0.25) is 5.91 Å². The second kappa shape index (κ2) is 9.75. The number of carbonyl (C=O) groups is 3. The molecule has 0 spiro atoms. The van der Waals surface area contributed by atoms with Crippen molar-refractivity contribution in [3.05, 3.63) is 106 Å². The molecular formula is C28H22ClN5O3. The van der Waals surface area contributed by atoms with Gasteiger partial charge >= 0.3 is 0 Å². The van der Waals surface area contributed by atoms with Gasteiger partial charge in [-0.1, -0.05) is 41.9 Å². The minimum Gasteiger partial charge on any atom is -0.366 e. The summed E-state index contributed by atoms with van der Waals surface area (Å²) >= 11 is 6.19. The number of nitrogens with two attached hydrogens (primary N) is 2. The molecule has 0 aliphatic heterocycles. The normalized spacial score (nSPS) is 12.1. The zero-order valence-electron chi connectivity index (χ0n) is 19.6. The Morgan fingerprint density at radius 1 is 0.973 bits per heavy atom. The Bertz CT molecular complexity index is 1590. The first-order valence-corrected chi connectivity index (χ1v) is 11.9. The van der Waals surface area contributed by atoms with Gasteiger partial charge in [-0.3, -0.25) is 14.4 Å². The zero-order valence-corrected chi connectivity index (χ0v) is 20.3. The summed E-state index contributed by atoms with van der Waals surface area (Å²) in [6, 6.07) is 19.8. The van der Waals surface area contributed by atoms with E-state index in [1.54, 1.807) is 35.0 Å². The highest BCUT2D eigenvalue weighted by Gasteiger charge is 2.28. The van der Waals surface area contributed by atoms with Crippen LogP contribution in [-0.4, -0.2) is 27.5 Å². The van der Waals surface area contributed by atoms with Crippen LogP contribution in [0.5, 0.6) is 0 Å². The summed E-state index contributed by atoms with van der Waals surface area (Å²) in [6.45, 7) is 0. The molecule has 0 unspecified atom stereocenters. The van der Waals surface area contributed by atoms with Gasteiger partial charge < -0.3 is 16.8 Å². The molecule has 4 aromatic rings. The molecule has 0 saturated heterocycles. The minimum atomic E-state index is -0.609. The number of benzene rings is 3. The molecule has 5 rings (SSSR count). The number of primary amides is 2. The van der Waals surface area contributed by atoms with Gasteiger partial charge in [0.1, 0.15) is 0 Å². The number of nitrogens with zero attached hydrogens (tertiary/aromatic N) is 2. The standard InChI is InChI=1S/C28H22ClN5O3/c29-23-4-2-1-3-20(23)28(37)32-18-10-8-17-9-13-21-25(27(31)36)33-34(26(21)22(17)15-18)19-11-5-16(6-12-19)7-14-24(30)35/h1-8,10-12,14-15H,9,13H2,(H2,30,35)(H2,31,36)(H,32,37)/b14-7+. The van der Waals surface area contributed by atoms with Crippen molar-refractivity contribution in [2.75, 3.05) is 5.32 Å². The van der Waals surface area contributed by atoms with Gasteiger partial charge in [-0.05, 0) is 66.4 Å². The molecule has 3 amide bonds. The van der Waals surface area contributed by atoms with Crippen LogP contribution in [0.2, 0.25) is 5.02 Å². The molecule has 0 atom stereocenters. The molecule has 0 bridgehead atoms. The number of rotatable bonds is 6. The van der Waals surface area contributed by atoms with Gasteiger partial charge in [0.25, 0.3) is 11.8 Å². The van der Waals surface area contributed by atoms with Gasteiger partial charge in [-0.25, -0.2) is 4.68 Å². The number of hydrogen-bond donors (Lipinski definition) is 3. The predicted molar refractivity (Wildman–Crippen MR) is 143 cm³/mol. The summed E-state index contributed by atoms with van der Waals surface area (Å²) in [5, 5.41) is 7.83. The number of amides is 3. The molecule has 0 fully saturated rings. The van der Waals surface area contributed by atoms with Crippen LogP contribution < -0.4 is 16.8 Å². The molecule has 0 radical (unpaired) electrons. The highest BCUT2D eigenvalue weighted by Crippen LogP contribution is 2.38. The third-order valence-electron chi connectivity index (χ3n) is 6.18. The van der Waals surface area contributed by atoms with E-state index in [9.17, 15) is 14.4 Å². The molecule has 8 nitrogen and oxygen atoms in total. The number of carbonyl (C=O) groups excluding carboxylic acids is 3. The zero-order chi connectivity index (χ0) is 26.1. The summed E-state index contributed by atoms with van der Waals surface area (Å²) in [5.41, 5.74) is 16.9. The number of nitrogens with one attached hydrogen (secondary N) is 1. The molecule has 0 saturated carbocycles. The molecule has 9 heteroatoms. The van der Waals surface area contributed by atoms with E-state index >= 15 is 0 Å². The molecule has 37 heavy (non-hydrogen) atoms. The molecule has 5 N–H and O–H groups in total. The van der Waals surface area contributed by atoms with Crippen LogP contribution in [0, 0.1) is 0 Å². The molecule has 1 aliphatic rings. The summed E-state index contributed by atoms with van der Waals surface area (Å²) < 4.78 is 1.69. The van der Waals surface area contributed by atoms with Crippen molar-refractivity contribution in [2.45, 2.75) is 12.8 Å². The lowest BCUT2D eigenvalue weighted by molar-refractivity contribution is -0.113. The van der Waals surface area contributed by atoms with Crippen molar-refractivity contribution in [1.29, 1.82) is 0 Å². The largest absolute Gasteiger partial charge is 0.366 e. The van der Waals surface area contributed by atoms with Crippen LogP contribution in [-0.2, 0) is 17.6 Å². The number of aryl methyl sites for hydroxylation is 1. The monoisotopic (exact) mass is 511 g/mol. The van der Waals surface area contributed by atoms with Crippen molar-refractivity contribution < 1.29 is 14.4 Å². The second-order valence-corrected chi connectivity index (χ2v) is 8.99. The van der Waals surface area contributed by atoms with E-state index in [0.717, 1.165) is 27.9 Å². The van der Waals surface area contributed by atoms with Gasteiger partial charge in [-0.2, -0.15) is 5.10 Å². The Morgan fingerprint density at radius 3 is 2.43 bits per heavy atom. The Kier molecular flexibility index (Phi) is 6.33. The maximum absolute atomic E-state index is 12.8. The molecule has 1 aliphatic carbocycles. The SMILES string of the molecule is NC(=O)/C=C/c1ccc(-n2nc(C(N)=O)c3c2-c2cc(NC(=O)c4ccccc4Cl)ccc2CC3)cc1. The summed E-state index contributed by atoms with van der Waals surface area (Å²) in [6.07, 6.45) is 4.20. The van der Waals surface area contributed by atoms with Crippen molar-refractivity contribution >= 4 is 41.1 Å². The van der Waals surface area contributed by atoms with Crippen molar-refractivity contribution in [3.63, 3.8) is 0 Å². The Balaban J connectivity index is 1.57. The lowest BCUT2D eigenvalue weighted by Gasteiger charge is -2.20. The number of hydrogen-bond acceptors (Lipinski definition) is 4. The topological polar surface area (TPSA) is 133 Å². The average molecular weight is 512 g/mol. The van der Waals surface area contributed by atoms with Crippen LogP contribution in [0.1, 0.15) is 37.5 Å². The van der Waals surface area contributed by atoms with E-state index in [-0.39, 0.29) is 11.6 Å². The van der Waals surface area contributed by atoms with Crippen molar-refractivity contribution in [2.24, 2.45) is 11.5 Å². The van der Waals surface area contributed by atoms with Crippen LogP contribution in [0.15, 0.2) is 72.8 Å². The smallest absolute Gasteiger partial charge is 0.269 e. The lowest BCUT2D eigenvalue weighted by atomic mass is 9.88. The maximum atomic E-state index is 12.8. The molecule has 1 heterocycles. The first kappa shape index (κ1) is 24.0. The second-order valence-electron chi connectivity index (χ2n) is 8.58. The molecule has 184 valence electrons. The fourth-order valence-electron chi connectivity index (χ4n) is 4.45. The number of fused-ring (bicyclic) bond motifs is 3. The van der Waals surface area contributed by atoms with Crippen molar-refractivity contribution in [1.82, 2.24) is 9.78 Å². The van der Waals surface area contributed by atoms with Gasteiger partial charge in [0, 0.05) is 22.9 Å². The van der Waals surface area contributed by atoms with E-state index in [1.165, 1.54) is 6.08 Å². The van der Waals surface area contributed by atoms with Gasteiger partial charge in [-0.15, -0.1) is 0 Å². The van der Waals surface area contributed by atoms with E-state index in [2.05, 4.69) is 10.4 Å². The highest BCUT2D eigenvalue weighted by atomic mass is 35.5. The number of aromatic nitrogens is 2. The quantitative estimate of drug-likeness (QED) is 0.335. The third kappa shape index (κ3) is 4.74. The summed E-state index contributed by atoms with van der Waals surface area (Å²) in [7, 11) is 0. The summed E-state index contributed by atoms with van der Waals surface area (Å²) in [5.74, 6) is -1.47. The Hall–Kier alpha value is -4.69. The maximum Gasteiger partial charge on any atom is 0.269 e. The van der Waals surface area contributed by atoms with Gasteiger partial charge in [0.05, 0.1) is 22.0 Å². The van der Waals surface area contributed by atoms with Crippen LogP contribution in [0.4, 0.5) is 5.69 Å². The molecule has 1 aromatic heterocycles. The summed E-state index contributed by atoms with van der Waals surface area (Å²) in [4.78, 5) is 36.1. The van der Waals surface area contributed by atoms with Crippen LogP contribution >= 0.6 is 11.6 Å². The predicted octanol–water partition coefficient (Wildman–Crippen LogP) is 4.14. The Morgan fingerprint density at radius 2 is 1.73 bits per heavy atom. The van der Waals surface area contributed by atoms with Gasteiger partial charge in [0.15, 0.2) is 5.69 Å². The van der Waals surface area contributed by atoms with E-state index in [1.807, 2.05) is 42.5 Å². The van der Waals surface area contributed by atoms with E-state index in [4.69, 9.17) is 23.1 Å². The fourth-order valence-corrected chi connectivity index (χ4v) is 4.67. The third-order valence-corrected chi connectivity index (χ3v) is 6.51. The Labute approximate surface area is 217 Å². The lowest BCUT2D eigenvalue weighted by Crippen LogP contribution is -2.15. The van der Waals surface area contributed by atoms with E-state index < -0.39 is 11.8 Å². The highest BCUT2D eigenvalue weighted by molar-refractivity contribution is 6.34. The van der Waals surface area contributed by atoms with Crippen LogP contribution in [0.25, 0.3) is 23.0 Å².